The molecule has 0 spiro atoms. The van der Waals surface area contributed by atoms with Crippen LogP contribution in [0.5, 0.6) is 0 Å². The van der Waals surface area contributed by atoms with Crippen molar-refractivity contribution in [3.05, 3.63) is 35.9 Å². The first kappa shape index (κ1) is 10.3. The van der Waals surface area contributed by atoms with Gasteiger partial charge < -0.3 is 5.11 Å². The quantitative estimate of drug-likeness (QED) is 0.840. The molecule has 53 valence electrons. The normalized spacial score (nSPS) is 8.00. The summed E-state index contributed by atoms with van der Waals surface area (Å²) in [6.45, 7) is 0. The minimum absolute atomic E-state index is 0. The van der Waals surface area contributed by atoms with E-state index in [4.69, 9.17) is 5.11 Å². The van der Waals surface area contributed by atoms with Gasteiger partial charge in [-0.2, -0.15) is 0 Å². The van der Waals surface area contributed by atoms with Gasteiger partial charge in [-0.05, 0) is 12.1 Å². The molecule has 1 rings (SSSR count). The van der Waals surface area contributed by atoms with Gasteiger partial charge in [0.05, 0.1) is 5.56 Å². The average molecular weight is 274 g/mol. The van der Waals surface area contributed by atoms with E-state index in [9.17, 15) is 4.79 Å². The zero-order valence-electron chi connectivity index (χ0n) is 5.12. The molecule has 0 unspecified atom stereocenters. The molecule has 0 atom stereocenters. The van der Waals surface area contributed by atoms with E-state index in [1.165, 1.54) is 0 Å². The SMILES string of the molecule is O=C(O)c1ccccc1.[Eu]. The van der Waals surface area contributed by atoms with E-state index in [2.05, 4.69) is 0 Å². The van der Waals surface area contributed by atoms with Crippen molar-refractivity contribution < 1.29 is 59.3 Å². The first-order chi connectivity index (χ1) is 4.30. The van der Waals surface area contributed by atoms with Crippen LogP contribution in [0.3, 0.4) is 0 Å². The minimum Gasteiger partial charge on any atom is -0.478 e. The number of benzene rings is 1. The molecular formula is C7H6EuO2. The zero-order valence-corrected chi connectivity index (χ0v) is 7.55. The van der Waals surface area contributed by atoms with Gasteiger partial charge in [-0.25, -0.2) is 4.79 Å². The second-order valence-electron chi connectivity index (χ2n) is 1.67. The first-order valence-electron chi connectivity index (χ1n) is 2.59. The fraction of sp³-hybridized carbons (Fsp3) is 0. The van der Waals surface area contributed by atoms with Crippen LogP contribution in [0.1, 0.15) is 10.4 Å². The van der Waals surface area contributed by atoms with E-state index in [1.54, 1.807) is 30.3 Å². The summed E-state index contributed by atoms with van der Waals surface area (Å²) < 4.78 is 0. The molecule has 0 saturated carbocycles. The van der Waals surface area contributed by atoms with Crippen LogP contribution in [0.2, 0.25) is 0 Å². The molecular weight excluding hydrogens is 268 g/mol. The molecule has 0 aliphatic rings. The van der Waals surface area contributed by atoms with E-state index in [-0.39, 0.29) is 49.4 Å². The second kappa shape index (κ2) is 5.00. The van der Waals surface area contributed by atoms with Gasteiger partial charge in [0.2, 0.25) is 0 Å². The Labute approximate surface area is 99.8 Å². The maximum Gasteiger partial charge on any atom is 0.335 e. The molecule has 3 heteroatoms. The number of carbonyl (C=O) groups is 1. The summed E-state index contributed by atoms with van der Waals surface area (Å²) in [4.78, 5) is 10.2. The third-order valence-corrected chi connectivity index (χ3v) is 1.02. The van der Waals surface area contributed by atoms with Crippen molar-refractivity contribution >= 4 is 5.97 Å². The van der Waals surface area contributed by atoms with Crippen LogP contribution in [-0.2, 0) is 0 Å². The largest absolute Gasteiger partial charge is 0.478 e. The molecule has 10 heavy (non-hydrogen) atoms. The molecule has 1 radical (unpaired) electrons. The van der Waals surface area contributed by atoms with Crippen molar-refractivity contribution in [3.8, 4) is 0 Å². The average Bonchev–Trinajstić information content (AvgIpc) is 1.90. The summed E-state index contributed by atoms with van der Waals surface area (Å²) in [7, 11) is 0. The van der Waals surface area contributed by atoms with Crippen LogP contribution >= 0.6 is 0 Å². The molecule has 1 aromatic rings. The number of carboxylic acids is 1. The van der Waals surface area contributed by atoms with Crippen LogP contribution < -0.4 is 0 Å². The van der Waals surface area contributed by atoms with E-state index >= 15 is 0 Å². The fourth-order valence-electron chi connectivity index (χ4n) is 0.581. The Balaban J connectivity index is 0.000000810. The van der Waals surface area contributed by atoms with Gasteiger partial charge in [-0.3, -0.25) is 0 Å². The van der Waals surface area contributed by atoms with Crippen LogP contribution in [0, 0.1) is 49.4 Å². The predicted molar refractivity (Wildman–Crippen MR) is 33.4 cm³/mol. The molecule has 0 fully saturated rings. The van der Waals surface area contributed by atoms with Crippen LogP contribution in [0.15, 0.2) is 30.3 Å². The molecule has 1 N–H and O–H groups in total. The molecule has 0 heterocycles. The van der Waals surface area contributed by atoms with Crippen molar-refractivity contribution in [2.75, 3.05) is 0 Å². The van der Waals surface area contributed by atoms with Crippen LogP contribution in [-0.4, -0.2) is 11.1 Å². The minimum atomic E-state index is -0.879. The van der Waals surface area contributed by atoms with Gasteiger partial charge in [0.15, 0.2) is 0 Å². The van der Waals surface area contributed by atoms with E-state index in [1.807, 2.05) is 0 Å². The van der Waals surface area contributed by atoms with Crippen molar-refractivity contribution in [2.24, 2.45) is 0 Å². The van der Waals surface area contributed by atoms with Gasteiger partial charge in [0, 0.05) is 49.4 Å². The number of hydrogen-bond acceptors (Lipinski definition) is 1. The molecule has 0 bridgehead atoms. The van der Waals surface area contributed by atoms with Crippen molar-refractivity contribution in [3.63, 3.8) is 0 Å². The first-order valence-corrected chi connectivity index (χ1v) is 2.59. The number of aromatic carboxylic acids is 1. The third kappa shape index (κ3) is 2.91. The molecule has 0 aliphatic heterocycles. The molecule has 0 aromatic heterocycles. The molecule has 1 aromatic carbocycles. The summed E-state index contributed by atoms with van der Waals surface area (Å²) in [5, 5.41) is 8.38. The van der Waals surface area contributed by atoms with Gasteiger partial charge in [0.25, 0.3) is 0 Å². The molecule has 0 aliphatic carbocycles. The standard InChI is InChI=1S/C7H6O2.Eu/c8-7(9)6-4-2-1-3-5-6;/h1-5H,(H,8,9);. The molecule has 0 saturated heterocycles. The Hall–Kier alpha value is 0.274. The van der Waals surface area contributed by atoms with Crippen molar-refractivity contribution in [1.29, 1.82) is 0 Å². The topological polar surface area (TPSA) is 37.3 Å². The Morgan fingerprint density at radius 1 is 1.20 bits per heavy atom. The summed E-state index contributed by atoms with van der Waals surface area (Å²) in [5.41, 5.74) is 0.331. The van der Waals surface area contributed by atoms with Gasteiger partial charge >= 0.3 is 5.97 Å². The zero-order chi connectivity index (χ0) is 6.69. The van der Waals surface area contributed by atoms with E-state index in [0.29, 0.717) is 5.56 Å². The Bertz CT molecular complexity index is 208. The van der Waals surface area contributed by atoms with Gasteiger partial charge in [-0.1, -0.05) is 18.2 Å². The molecule has 2 nitrogen and oxygen atoms in total. The number of hydrogen-bond donors (Lipinski definition) is 1. The van der Waals surface area contributed by atoms with Crippen LogP contribution in [0.4, 0.5) is 0 Å². The Morgan fingerprint density at radius 3 is 2.00 bits per heavy atom. The van der Waals surface area contributed by atoms with Crippen molar-refractivity contribution in [2.45, 2.75) is 0 Å². The maximum atomic E-state index is 10.2. The van der Waals surface area contributed by atoms with E-state index in [0.717, 1.165) is 0 Å². The van der Waals surface area contributed by atoms with Gasteiger partial charge in [0.1, 0.15) is 0 Å². The fourth-order valence-corrected chi connectivity index (χ4v) is 0.581. The number of rotatable bonds is 1. The van der Waals surface area contributed by atoms with E-state index < -0.39 is 5.97 Å². The Morgan fingerprint density at radius 2 is 1.70 bits per heavy atom. The number of carboxylic acid groups (broad SMARTS) is 1. The Kier molecular flexibility index (Phi) is 5.13. The maximum absolute atomic E-state index is 10.2. The van der Waals surface area contributed by atoms with Crippen molar-refractivity contribution in [1.82, 2.24) is 0 Å². The van der Waals surface area contributed by atoms with Gasteiger partial charge in [-0.15, -0.1) is 0 Å². The second-order valence-corrected chi connectivity index (χ2v) is 1.67. The monoisotopic (exact) mass is 275 g/mol. The summed E-state index contributed by atoms with van der Waals surface area (Å²) in [5.74, 6) is -0.879. The van der Waals surface area contributed by atoms with Crippen LogP contribution in [0.25, 0.3) is 0 Å². The third-order valence-electron chi connectivity index (χ3n) is 1.02. The summed E-state index contributed by atoms with van der Waals surface area (Å²) in [6.07, 6.45) is 0. The predicted octanol–water partition coefficient (Wildman–Crippen LogP) is 1.38. The molecule has 0 amide bonds. The summed E-state index contributed by atoms with van der Waals surface area (Å²) in [6, 6.07) is 8.30. The smallest absolute Gasteiger partial charge is 0.335 e. The summed E-state index contributed by atoms with van der Waals surface area (Å²) >= 11 is 0.